The molecule has 0 aliphatic heterocycles. The van der Waals surface area contributed by atoms with Crippen LogP contribution in [0.2, 0.25) is 0 Å². The van der Waals surface area contributed by atoms with Crippen molar-refractivity contribution in [3.05, 3.63) is 29.6 Å². The van der Waals surface area contributed by atoms with E-state index in [2.05, 4.69) is 10.0 Å². The summed E-state index contributed by atoms with van der Waals surface area (Å²) in [4.78, 5) is -0.360. The highest BCUT2D eigenvalue weighted by atomic mass is 32.2. The number of ether oxygens (including phenoxy) is 1. The van der Waals surface area contributed by atoms with E-state index in [0.29, 0.717) is 12.1 Å². The normalized spacial score (nSPS) is 12.7. The number of hydrogen-bond acceptors (Lipinski definition) is 4. The van der Waals surface area contributed by atoms with Crippen molar-refractivity contribution in [3.63, 3.8) is 0 Å². The van der Waals surface area contributed by atoms with Crippen molar-refractivity contribution in [1.82, 2.24) is 10.0 Å². The van der Waals surface area contributed by atoms with Gasteiger partial charge in [-0.05, 0) is 38.6 Å². The average molecular weight is 304 g/mol. The largest absolute Gasteiger partial charge is 0.383 e. The third-order valence-electron chi connectivity index (χ3n) is 2.58. The molecule has 0 amide bonds. The fraction of sp³-hybridized carbons (Fsp3) is 0.538. The van der Waals surface area contributed by atoms with Gasteiger partial charge in [-0.3, -0.25) is 0 Å². The first-order chi connectivity index (χ1) is 9.22. The van der Waals surface area contributed by atoms with Gasteiger partial charge >= 0.3 is 0 Å². The van der Waals surface area contributed by atoms with Crippen molar-refractivity contribution in [2.75, 3.05) is 20.8 Å². The topological polar surface area (TPSA) is 67.4 Å². The van der Waals surface area contributed by atoms with Crippen LogP contribution < -0.4 is 10.0 Å². The minimum absolute atomic E-state index is 0.186. The lowest BCUT2D eigenvalue weighted by molar-refractivity contribution is 0.141. The van der Waals surface area contributed by atoms with Gasteiger partial charge in [0.2, 0.25) is 10.0 Å². The highest BCUT2D eigenvalue weighted by Gasteiger charge is 2.28. The van der Waals surface area contributed by atoms with Gasteiger partial charge in [0.25, 0.3) is 0 Å². The number of methoxy groups -OCH3 is 1. The Bertz CT molecular complexity index is 559. The highest BCUT2D eigenvalue weighted by Crippen LogP contribution is 2.18. The molecule has 0 bridgehead atoms. The van der Waals surface area contributed by atoms with Gasteiger partial charge in [-0.15, -0.1) is 0 Å². The maximum Gasteiger partial charge on any atom is 0.244 e. The molecule has 2 N–H and O–H groups in total. The van der Waals surface area contributed by atoms with Crippen LogP contribution in [-0.4, -0.2) is 34.7 Å². The smallest absolute Gasteiger partial charge is 0.244 e. The minimum atomic E-state index is -3.93. The zero-order valence-corrected chi connectivity index (χ0v) is 13.0. The van der Waals surface area contributed by atoms with Crippen molar-refractivity contribution in [3.8, 4) is 0 Å². The van der Waals surface area contributed by atoms with Crippen LogP contribution in [0.4, 0.5) is 4.39 Å². The zero-order chi connectivity index (χ0) is 15.4. The van der Waals surface area contributed by atoms with Crippen LogP contribution in [0.1, 0.15) is 19.4 Å². The molecule has 20 heavy (non-hydrogen) atoms. The van der Waals surface area contributed by atoms with E-state index in [1.54, 1.807) is 27.0 Å². The molecule has 0 heterocycles. The number of nitrogens with one attached hydrogen (secondary N) is 2. The first kappa shape index (κ1) is 17.0. The second-order valence-corrected chi connectivity index (χ2v) is 6.87. The Kier molecular flexibility index (Phi) is 5.64. The molecule has 1 aromatic rings. The van der Waals surface area contributed by atoms with E-state index in [1.807, 2.05) is 0 Å². The third-order valence-corrected chi connectivity index (χ3v) is 4.31. The van der Waals surface area contributed by atoms with E-state index >= 15 is 0 Å². The van der Waals surface area contributed by atoms with Crippen molar-refractivity contribution in [1.29, 1.82) is 0 Å². The lowest BCUT2D eigenvalue weighted by atomic mass is 10.1. The summed E-state index contributed by atoms with van der Waals surface area (Å²) in [7, 11) is -0.719. The molecular weight excluding hydrogens is 283 g/mol. The molecule has 0 unspecified atom stereocenters. The van der Waals surface area contributed by atoms with E-state index < -0.39 is 21.4 Å². The summed E-state index contributed by atoms with van der Waals surface area (Å²) in [6.07, 6.45) is 0. The van der Waals surface area contributed by atoms with Gasteiger partial charge in [0.15, 0.2) is 0 Å². The second kappa shape index (κ2) is 6.62. The maximum absolute atomic E-state index is 14.0. The predicted molar refractivity (Wildman–Crippen MR) is 75.4 cm³/mol. The van der Waals surface area contributed by atoms with Gasteiger partial charge in [-0.25, -0.2) is 17.5 Å². The van der Waals surface area contributed by atoms with Crippen LogP contribution in [0.15, 0.2) is 23.1 Å². The van der Waals surface area contributed by atoms with E-state index in [1.165, 1.54) is 19.2 Å². The van der Waals surface area contributed by atoms with Crippen LogP contribution in [0.25, 0.3) is 0 Å². The zero-order valence-electron chi connectivity index (χ0n) is 12.2. The lowest BCUT2D eigenvalue weighted by Gasteiger charge is -2.25. The lowest BCUT2D eigenvalue weighted by Crippen LogP contribution is -2.46. The Balaban J connectivity index is 3.04. The second-order valence-electron chi connectivity index (χ2n) is 5.22. The summed E-state index contributed by atoms with van der Waals surface area (Å²) in [6, 6.07) is 4.07. The van der Waals surface area contributed by atoms with Crippen LogP contribution in [0, 0.1) is 5.82 Å². The van der Waals surface area contributed by atoms with E-state index in [0.717, 1.165) is 0 Å². The molecule has 0 spiro atoms. The number of rotatable bonds is 7. The highest BCUT2D eigenvalue weighted by molar-refractivity contribution is 7.89. The molecule has 1 rings (SSSR count). The molecule has 114 valence electrons. The molecule has 1 aromatic carbocycles. The van der Waals surface area contributed by atoms with E-state index in [-0.39, 0.29) is 11.5 Å². The molecule has 0 radical (unpaired) electrons. The van der Waals surface area contributed by atoms with Crippen molar-refractivity contribution >= 4 is 10.0 Å². The quantitative estimate of drug-likeness (QED) is 0.795. The Hall–Kier alpha value is -1.02. The molecular formula is C13H21FN2O3S. The minimum Gasteiger partial charge on any atom is -0.383 e. The number of hydrogen-bond donors (Lipinski definition) is 2. The monoisotopic (exact) mass is 304 g/mol. The Morgan fingerprint density at radius 2 is 2.00 bits per heavy atom. The summed E-state index contributed by atoms with van der Waals surface area (Å²) in [6.45, 7) is 3.99. The Morgan fingerprint density at radius 3 is 2.50 bits per heavy atom. The predicted octanol–water partition coefficient (Wildman–Crippen LogP) is 1.25. The first-order valence-corrected chi connectivity index (χ1v) is 7.66. The van der Waals surface area contributed by atoms with Gasteiger partial charge in [-0.2, -0.15) is 0 Å². The van der Waals surface area contributed by atoms with Gasteiger partial charge in [0.1, 0.15) is 10.7 Å². The summed E-state index contributed by atoms with van der Waals surface area (Å²) in [5, 5.41) is 2.88. The standard InChI is InChI=1S/C13H21FN2O3S/c1-13(2,9-19-4)16-20(17,18)12-6-5-10(8-15-3)7-11(12)14/h5-7,15-16H,8-9H2,1-4H3. The molecule has 0 aliphatic rings. The van der Waals surface area contributed by atoms with Gasteiger partial charge in [-0.1, -0.05) is 6.07 Å². The van der Waals surface area contributed by atoms with Crippen molar-refractivity contribution in [2.45, 2.75) is 30.8 Å². The third kappa shape index (κ3) is 4.52. The Morgan fingerprint density at radius 1 is 1.35 bits per heavy atom. The first-order valence-electron chi connectivity index (χ1n) is 6.18. The molecule has 0 saturated carbocycles. The molecule has 0 fully saturated rings. The fourth-order valence-electron chi connectivity index (χ4n) is 1.89. The van der Waals surface area contributed by atoms with Crippen LogP contribution >= 0.6 is 0 Å². The summed E-state index contributed by atoms with van der Waals surface area (Å²) in [5.41, 5.74) is -0.135. The number of sulfonamides is 1. The number of benzene rings is 1. The summed E-state index contributed by atoms with van der Waals surface area (Å²) in [5.74, 6) is -0.765. The van der Waals surface area contributed by atoms with Gasteiger partial charge in [0, 0.05) is 13.7 Å². The number of halogens is 1. The summed E-state index contributed by atoms with van der Waals surface area (Å²) >= 11 is 0. The Labute approximate surface area is 119 Å². The van der Waals surface area contributed by atoms with Crippen molar-refractivity contribution < 1.29 is 17.5 Å². The molecule has 0 saturated heterocycles. The molecule has 7 heteroatoms. The molecule has 5 nitrogen and oxygen atoms in total. The van der Waals surface area contributed by atoms with Crippen molar-refractivity contribution in [2.24, 2.45) is 0 Å². The SMILES string of the molecule is CNCc1ccc(S(=O)(=O)NC(C)(C)COC)c(F)c1. The summed E-state index contributed by atoms with van der Waals surface area (Å²) < 4.78 is 45.7. The molecule has 0 aliphatic carbocycles. The van der Waals surface area contributed by atoms with Crippen LogP contribution in [0.5, 0.6) is 0 Å². The molecule has 0 atom stereocenters. The molecule has 0 aromatic heterocycles. The maximum atomic E-state index is 14.0. The van der Waals surface area contributed by atoms with E-state index in [9.17, 15) is 12.8 Å². The van der Waals surface area contributed by atoms with E-state index in [4.69, 9.17) is 4.74 Å². The fourth-order valence-corrected chi connectivity index (χ4v) is 3.34. The average Bonchev–Trinajstić information content (AvgIpc) is 2.27. The van der Waals surface area contributed by atoms with Crippen LogP contribution in [-0.2, 0) is 21.3 Å². The van der Waals surface area contributed by atoms with Gasteiger partial charge < -0.3 is 10.1 Å². The van der Waals surface area contributed by atoms with Crippen LogP contribution in [0.3, 0.4) is 0 Å². The van der Waals surface area contributed by atoms with Gasteiger partial charge in [0.05, 0.1) is 12.1 Å².